The first-order valence-electron chi connectivity index (χ1n) is 7.64. The fourth-order valence-electron chi connectivity index (χ4n) is 2.16. The van der Waals surface area contributed by atoms with Crippen LogP contribution >= 0.6 is 0 Å². The molecule has 0 atom stereocenters. The third-order valence-electron chi connectivity index (χ3n) is 3.22. The first kappa shape index (κ1) is 17.2. The van der Waals surface area contributed by atoms with Gasteiger partial charge in [-0.05, 0) is 26.3 Å². The van der Waals surface area contributed by atoms with Gasteiger partial charge in [-0.3, -0.25) is 0 Å². The number of hydrogen-bond acceptors (Lipinski definition) is 3. The first-order valence-corrected chi connectivity index (χ1v) is 7.64. The molecule has 0 aliphatic carbocycles. The van der Waals surface area contributed by atoms with E-state index < -0.39 is 0 Å². The Balaban J connectivity index is 2.52. The van der Waals surface area contributed by atoms with E-state index in [0.717, 1.165) is 32.8 Å². The van der Waals surface area contributed by atoms with Crippen molar-refractivity contribution in [1.29, 1.82) is 0 Å². The molecule has 1 rings (SSSR count). The van der Waals surface area contributed by atoms with E-state index in [1.807, 2.05) is 0 Å². The van der Waals surface area contributed by atoms with Crippen molar-refractivity contribution >= 4 is 0 Å². The maximum absolute atomic E-state index is 5.84. The number of rotatable bonds is 8. The Hall–Kier alpha value is -0.900. The van der Waals surface area contributed by atoms with Gasteiger partial charge < -0.3 is 4.74 Å². The predicted octanol–water partition coefficient (Wildman–Crippen LogP) is 3.56. The third kappa shape index (κ3) is 6.51. The van der Waals surface area contributed by atoms with Crippen LogP contribution in [0.3, 0.4) is 0 Å². The van der Waals surface area contributed by atoms with E-state index in [0.29, 0.717) is 0 Å². The molecule has 3 nitrogen and oxygen atoms in total. The van der Waals surface area contributed by atoms with Crippen molar-refractivity contribution < 1.29 is 4.74 Å². The maximum Gasteiger partial charge on any atom is 0.0614 e. The zero-order valence-electron chi connectivity index (χ0n) is 13.7. The van der Waals surface area contributed by atoms with Crippen LogP contribution in [-0.4, -0.2) is 41.9 Å². The van der Waals surface area contributed by atoms with Crippen LogP contribution in [0.1, 0.15) is 40.2 Å². The van der Waals surface area contributed by atoms with E-state index in [2.05, 4.69) is 75.0 Å². The zero-order chi connectivity index (χ0) is 15.0. The molecule has 1 aromatic carbocycles. The lowest BCUT2D eigenvalue weighted by Gasteiger charge is -2.34. The van der Waals surface area contributed by atoms with Gasteiger partial charge in [0, 0.05) is 26.2 Å². The second-order valence-corrected chi connectivity index (χ2v) is 5.97. The van der Waals surface area contributed by atoms with E-state index in [4.69, 9.17) is 4.74 Å². The molecule has 0 radical (unpaired) electrons. The molecule has 0 heterocycles. The summed E-state index contributed by atoms with van der Waals surface area (Å²) in [5.41, 5.74) is 1.29. The molecule has 0 N–H and O–H groups in total. The van der Waals surface area contributed by atoms with E-state index in [-0.39, 0.29) is 5.60 Å². The van der Waals surface area contributed by atoms with Crippen LogP contribution in [-0.2, 0) is 11.3 Å². The van der Waals surface area contributed by atoms with Crippen molar-refractivity contribution in [1.82, 2.24) is 10.0 Å². The molecule has 0 unspecified atom stereocenters. The van der Waals surface area contributed by atoms with E-state index in [1.165, 1.54) is 5.56 Å². The van der Waals surface area contributed by atoms with Gasteiger partial charge in [-0.15, -0.1) is 0 Å². The average Bonchev–Trinajstić information content (AvgIpc) is 2.41. The molecule has 0 aromatic heterocycles. The monoisotopic (exact) mass is 278 g/mol. The van der Waals surface area contributed by atoms with Gasteiger partial charge >= 0.3 is 0 Å². The lowest BCUT2D eigenvalue weighted by Crippen LogP contribution is -2.44. The van der Waals surface area contributed by atoms with Crippen LogP contribution in [0.5, 0.6) is 0 Å². The van der Waals surface area contributed by atoms with Crippen molar-refractivity contribution in [3.05, 3.63) is 35.9 Å². The molecule has 1 aromatic rings. The summed E-state index contributed by atoms with van der Waals surface area (Å²) >= 11 is 0. The van der Waals surface area contributed by atoms with Gasteiger partial charge in [-0.2, -0.15) is 0 Å². The summed E-state index contributed by atoms with van der Waals surface area (Å²) in [6.07, 6.45) is 0. The van der Waals surface area contributed by atoms with Crippen LogP contribution in [0.4, 0.5) is 0 Å². The number of likely N-dealkylation sites (N-methyl/N-ethyl adjacent to an activating group) is 1. The summed E-state index contributed by atoms with van der Waals surface area (Å²) < 4.78 is 5.84. The summed E-state index contributed by atoms with van der Waals surface area (Å²) in [5, 5.41) is 4.76. The Morgan fingerprint density at radius 3 is 2.05 bits per heavy atom. The number of benzene rings is 1. The normalized spacial score (nSPS) is 12.3. The summed E-state index contributed by atoms with van der Waals surface area (Å²) in [6.45, 7) is 15.4. The van der Waals surface area contributed by atoms with Gasteiger partial charge in [0.25, 0.3) is 0 Å². The molecule has 0 aliphatic rings. The van der Waals surface area contributed by atoms with E-state index in [1.54, 1.807) is 0 Å². The average molecular weight is 278 g/mol. The number of hydrogen-bond donors (Lipinski definition) is 0. The largest absolute Gasteiger partial charge is 0.374 e. The molecule has 114 valence electrons. The standard InChI is InChI=1S/C17H30N2O/c1-6-18(13-14-20-17(3,4)5)19(7-2)15-16-11-9-8-10-12-16/h8-12H,6-7,13-15H2,1-5H3. The van der Waals surface area contributed by atoms with Crippen LogP contribution in [0, 0.1) is 0 Å². The number of ether oxygens (including phenoxy) is 1. The van der Waals surface area contributed by atoms with Gasteiger partial charge in [-0.25, -0.2) is 10.0 Å². The molecule has 0 saturated heterocycles. The van der Waals surface area contributed by atoms with Gasteiger partial charge in [0.1, 0.15) is 0 Å². The highest BCUT2D eigenvalue weighted by atomic mass is 16.5. The van der Waals surface area contributed by atoms with Crippen molar-refractivity contribution in [2.75, 3.05) is 26.2 Å². The minimum Gasteiger partial charge on any atom is -0.374 e. The number of hydrazine groups is 1. The number of nitrogens with zero attached hydrogens (tertiary/aromatic N) is 2. The fraction of sp³-hybridized carbons (Fsp3) is 0.647. The highest BCUT2D eigenvalue weighted by molar-refractivity contribution is 5.14. The van der Waals surface area contributed by atoms with Crippen LogP contribution in [0.25, 0.3) is 0 Å². The Labute approximate surface area is 124 Å². The van der Waals surface area contributed by atoms with Crippen LogP contribution < -0.4 is 0 Å². The zero-order valence-corrected chi connectivity index (χ0v) is 13.7. The highest BCUT2D eigenvalue weighted by Gasteiger charge is 2.15. The van der Waals surface area contributed by atoms with E-state index >= 15 is 0 Å². The quantitative estimate of drug-likeness (QED) is 0.676. The summed E-state index contributed by atoms with van der Waals surface area (Å²) in [6, 6.07) is 10.6. The lowest BCUT2D eigenvalue weighted by atomic mass is 10.2. The third-order valence-corrected chi connectivity index (χ3v) is 3.22. The minimum absolute atomic E-state index is 0.0596. The lowest BCUT2D eigenvalue weighted by molar-refractivity contribution is -0.0701. The van der Waals surface area contributed by atoms with Gasteiger partial charge in [0.05, 0.1) is 12.2 Å². The molecular formula is C17H30N2O. The fourth-order valence-corrected chi connectivity index (χ4v) is 2.16. The molecule has 0 spiro atoms. The summed E-state index contributed by atoms with van der Waals surface area (Å²) in [7, 11) is 0. The van der Waals surface area contributed by atoms with Crippen molar-refractivity contribution in [3.63, 3.8) is 0 Å². The minimum atomic E-state index is -0.0596. The first-order chi connectivity index (χ1) is 9.46. The summed E-state index contributed by atoms with van der Waals surface area (Å²) in [5.74, 6) is 0. The Bertz CT molecular complexity index is 359. The second kappa shape index (κ2) is 8.40. The van der Waals surface area contributed by atoms with E-state index in [9.17, 15) is 0 Å². The smallest absolute Gasteiger partial charge is 0.0614 e. The van der Waals surface area contributed by atoms with Crippen molar-refractivity contribution in [3.8, 4) is 0 Å². The second-order valence-electron chi connectivity index (χ2n) is 5.97. The Kier molecular flexibility index (Phi) is 7.20. The molecule has 0 bridgehead atoms. The SMILES string of the molecule is CCN(CCOC(C)(C)C)N(CC)Cc1ccccc1. The molecule has 0 fully saturated rings. The molecular weight excluding hydrogens is 248 g/mol. The van der Waals surface area contributed by atoms with Gasteiger partial charge in [-0.1, -0.05) is 44.2 Å². The van der Waals surface area contributed by atoms with Crippen molar-refractivity contribution in [2.24, 2.45) is 0 Å². The Morgan fingerprint density at radius 1 is 0.950 bits per heavy atom. The topological polar surface area (TPSA) is 15.7 Å². The molecule has 20 heavy (non-hydrogen) atoms. The highest BCUT2D eigenvalue weighted by Crippen LogP contribution is 2.10. The molecule has 0 saturated carbocycles. The molecule has 0 amide bonds. The maximum atomic E-state index is 5.84. The van der Waals surface area contributed by atoms with Crippen molar-refractivity contribution in [2.45, 2.75) is 46.8 Å². The van der Waals surface area contributed by atoms with Crippen LogP contribution in [0.2, 0.25) is 0 Å². The van der Waals surface area contributed by atoms with Gasteiger partial charge in [0.2, 0.25) is 0 Å². The Morgan fingerprint density at radius 2 is 1.55 bits per heavy atom. The summed E-state index contributed by atoms with van der Waals surface area (Å²) in [4.78, 5) is 0. The molecule has 3 heteroatoms. The molecule has 0 aliphatic heterocycles. The predicted molar refractivity (Wildman–Crippen MR) is 85.5 cm³/mol. The van der Waals surface area contributed by atoms with Gasteiger partial charge in [0.15, 0.2) is 0 Å². The van der Waals surface area contributed by atoms with Crippen LogP contribution in [0.15, 0.2) is 30.3 Å².